The maximum absolute atomic E-state index is 13.5. The number of rotatable bonds is 6. The molecule has 2 aromatic carbocycles. The maximum Gasteiger partial charge on any atom is 0.142 e. The van der Waals surface area contributed by atoms with Gasteiger partial charge in [0.1, 0.15) is 5.82 Å². The predicted octanol–water partition coefficient (Wildman–Crippen LogP) is 4.72. The van der Waals surface area contributed by atoms with Gasteiger partial charge in [-0.1, -0.05) is 48.0 Å². The Hall–Kier alpha value is -1.09. The Labute approximate surface area is 128 Å². The van der Waals surface area contributed by atoms with Gasteiger partial charge in [-0.15, -0.1) is 11.6 Å². The molecule has 4 heteroatoms. The molecule has 2 aromatic rings. The molecular formula is C16H16Cl2FN. The quantitative estimate of drug-likeness (QED) is 0.698. The van der Waals surface area contributed by atoms with Crippen LogP contribution in [0.3, 0.4) is 0 Å². The van der Waals surface area contributed by atoms with E-state index in [1.165, 1.54) is 11.6 Å². The first-order valence-corrected chi connectivity index (χ1v) is 7.36. The summed E-state index contributed by atoms with van der Waals surface area (Å²) in [6, 6.07) is 15.1. The van der Waals surface area contributed by atoms with Gasteiger partial charge in [-0.05, 0) is 23.3 Å². The average molecular weight is 312 g/mol. The summed E-state index contributed by atoms with van der Waals surface area (Å²) < 4.78 is 13.5. The fraction of sp³-hybridized carbons (Fsp3) is 0.250. The first kappa shape index (κ1) is 15.3. The van der Waals surface area contributed by atoms with Crippen LogP contribution in [0.15, 0.2) is 48.5 Å². The van der Waals surface area contributed by atoms with E-state index < -0.39 is 0 Å². The predicted molar refractivity (Wildman–Crippen MR) is 82.7 cm³/mol. The molecule has 0 aliphatic heterocycles. The van der Waals surface area contributed by atoms with Crippen molar-refractivity contribution in [3.63, 3.8) is 0 Å². The Balaban J connectivity index is 2.06. The van der Waals surface area contributed by atoms with Crippen LogP contribution >= 0.6 is 23.2 Å². The topological polar surface area (TPSA) is 3.24 Å². The van der Waals surface area contributed by atoms with Crippen molar-refractivity contribution in [2.75, 3.05) is 12.4 Å². The van der Waals surface area contributed by atoms with Crippen LogP contribution in [0.1, 0.15) is 11.1 Å². The van der Waals surface area contributed by atoms with E-state index in [4.69, 9.17) is 23.2 Å². The van der Waals surface area contributed by atoms with Crippen LogP contribution < -0.4 is 0 Å². The second kappa shape index (κ2) is 7.63. The minimum Gasteiger partial charge on any atom is -0.294 e. The molecule has 0 amide bonds. The fourth-order valence-electron chi connectivity index (χ4n) is 2.07. The molecule has 0 saturated heterocycles. The highest BCUT2D eigenvalue weighted by Gasteiger charge is 2.08. The molecule has 0 atom stereocenters. The molecule has 0 saturated carbocycles. The third-order valence-electron chi connectivity index (χ3n) is 3.04. The Morgan fingerprint density at radius 2 is 1.65 bits per heavy atom. The van der Waals surface area contributed by atoms with Gasteiger partial charge in [0.25, 0.3) is 0 Å². The minimum atomic E-state index is -0.380. The van der Waals surface area contributed by atoms with Gasteiger partial charge in [-0.3, -0.25) is 4.90 Å². The number of hydrogen-bond acceptors (Lipinski definition) is 1. The Morgan fingerprint density at radius 1 is 0.950 bits per heavy atom. The lowest BCUT2D eigenvalue weighted by Crippen LogP contribution is -2.25. The van der Waals surface area contributed by atoms with Crippen molar-refractivity contribution in [1.82, 2.24) is 4.90 Å². The van der Waals surface area contributed by atoms with Crippen molar-refractivity contribution in [3.8, 4) is 0 Å². The third kappa shape index (κ3) is 4.48. The summed E-state index contributed by atoms with van der Waals surface area (Å²) >= 11 is 11.5. The molecule has 0 aliphatic rings. The molecule has 0 bridgehead atoms. The van der Waals surface area contributed by atoms with E-state index in [1.54, 1.807) is 6.07 Å². The summed E-state index contributed by atoms with van der Waals surface area (Å²) in [4.78, 5) is 2.19. The molecule has 0 N–H and O–H groups in total. The Kier molecular flexibility index (Phi) is 5.84. The molecule has 106 valence electrons. The van der Waals surface area contributed by atoms with Crippen LogP contribution in [0.2, 0.25) is 5.02 Å². The fourth-order valence-corrected chi connectivity index (χ4v) is 2.43. The van der Waals surface area contributed by atoms with Crippen LogP contribution in [0.4, 0.5) is 4.39 Å². The van der Waals surface area contributed by atoms with Gasteiger partial charge in [0.2, 0.25) is 0 Å². The van der Waals surface area contributed by atoms with E-state index in [2.05, 4.69) is 17.0 Å². The van der Waals surface area contributed by atoms with Crippen LogP contribution in [0.5, 0.6) is 0 Å². The lowest BCUT2D eigenvalue weighted by Gasteiger charge is -2.21. The molecule has 0 radical (unpaired) electrons. The zero-order valence-electron chi connectivity index (χ0n) is 11.0. The zero-order valence-corrected chi connectivity index (χ0v) is 12.5. The van der Waals surface area contributed by atoms with Crippen molar-refractivity contribution in [2.45, 2.75) is 13.1 Å². The van der Waals surface area contributed by atoms with Crippen molar-refractivity contribution < 1.29 is 4.39 Å². The zero-order chi connectivity index (χ0) is 14.4. The summed E-state index contributed by atoms with van der Waals surface area (Å²) in [5, 5.41) is 0.153. The SMILES string of the molecule is Fc1cc(CN(CCCl)Cc2ccccc2)ccc1Cl. The normalized spacial score (nSPS) is 11.0. The van der Waals surface area contributed by atoms with Gasteiger partial charge in [0.05, 0.1) is 5.02 Å². The highest BCUT2D eigenvalue weighted by Crippen LogP contribution is 2.17. The van der Waals surface area contributed by atoms with E-state index in [0.717, 1.165) is 18.7 Å². The van der Waals surface area contributed by atoms with Gasteiger partial charge in [0, 0.05) is 25.5 Å². The smallest absolute Gasteiger partial charge is 0.142 e. The third-order valence-corrected chi connectivity index (χ3v) is 3.52. The number of hydrogen-bond donors (Lipinski definition) is 0. The number of nitrogens with zero attached hydrogens (tertiary/aromatic N) is 1. The van der Waals surface area contributed by atoms with Crippen molar-refractivity contribution in [1.29, 1.82) is 0 Å². The van der Waals surface area contributed by atoms with Gasteiger partial charge < -0.3 is 0 Å². The van der Waals surface area contributed by atoms with Crippen molar-refractivity contribution in [2.24, 2.45) is 0 Å². The van der Waals surface area contributed by atoms with Gasteiger partial charge in [-0.25, -0.2) is 4.39 Å². The van der Waals surface area contributed by atoms with Gasteiger partial charge in [0.15, 0.2) is 0 Å². The van der Waals surface area contributed by atoms with E-state index in [1.807, 2.05) is 24.3 Å². The Morgan fingerprint density at radius 3 is 2.30 bits per heavy atom. The van der Waals surface area contributed by atoms with Crippen LogP contribution in [0, 0.1) is 5.82 Å². The summed E-state index contributed by atoms with van der Waals surface area (Å²) in [5.41, 5.74) is 2.11. The second-order valence-electron chi connectivity index (χ2n) is 4.63. The van der Waals surface area contributed by atoms with Crippen LogP contribution in [-0.2, 0) is 13.1 Å². The van der Waals surface area contributed by atoms with Crippen molar-refractivity contribution in [3.05, 3.63) is 70.5 Å². The molecule has 20 heavy (non-hydrogen) atoms. The molecule has 0 aliphatic carbocycles. The standard InChI is InChI=1S/C16H16Cl2FN/c17-8-9-20(11-13-4-2-1-3-5-13)12-14-6-7-15(18)16(19)10-14/h1-7,10H,8-9,11-12H2. The van der Waals surface area contributed by atoms with Gasteiger partial charge >= 0.3 is 0 Å². The molecule has 0 aromatic heterocycles. The summed E-state index contributed by atoms with van der Waals surface area (Å²) in [6.07, 6.45) is 0. The number of benzene rings is 2. The molecule has 0 heterocycles. The maximum atomic E-state index is 13.5. The lowest BCUT2D eigenvalue weighted by atomic mass is 10.1. The van der Waals surface area contributed by atoms with E-state index in [-0.39, 0.29) is 10.8 Å². The monoisotopic (exact) mass is 311 g/mol. The summed E-state index contributed by atoms with van der Waals surface area (Å²) in [6.45, 7) is 2.19. The minimum absolute atomic E-state index is 0.153. The molecule has 0 spiro atoms. The van der Waals surface area contributed by atoms with Crippen LogP contribution in [0.25, 0.3) is 0 Å². The highest BCUT2D eigenvalue weighted by molar-refractivity contribution is 6.30. The number of alkyl halides is 1. The van der Waals surface area contributed by atoms with Gasteiger partial charge in [-0.2, -0.15) is 0 Å². The summed E-state index contributed by atoms with van der Waals surface area (Å²) in [5.74, 6) is 0.165. The lowest BCUT2D eigenvalue weighted by molar-refractivity contribution is 0.273. The molecule has 0 fully saturated rings. The number of halogens is 3. The highest BCUT2D eigenvalue weighted by atomic mass is 35.5. The Bertz CT molecular complexity index is 545. The summed E-state index contributed by atoms with van der Waals surface area (Å²) in [7, 11) is 0. The van der Waals surface area contributed by atoms with Crippen molar-refractivity contribution >= 4 is 23.2 Å². The molecular weight excluding hydrogens is 296 g/mol. The van der Waals surface area contributed by atoms with Crippen LogP contribution in [-0.4, -0.2) is 17.3 Å². The molecule has 0 unspecified atom stereocenters. The first-order valence-electron chi connectivity index (χ1n) is 6.45. The molecule has 2 rings (SSSR count). The van der Waals surface area contributed by atoms with E-state index >= 15 is 0 Å². The van der Waals surface area contributed by atoms with E-state index in [0.29, 0.717) is 12.4 Å². The first-order chi connectivity index (χ1) is 9.69. The largest absolute Gasteiger partial charge is 0.294 e. The second-order valence-corrected chi connectivity index (χ2v) is 5.42. The average Bonchev–Trinajstić information content (AvgIpc) is 2.44. The molecule has 1 nitrogen and oxygen atoms in total. The van der Waals surface area contributed by atoms with E-state index in [9.17, 15) is 4.39 Å².